The number of nitrogens with two attached hydrogens (primary N) is 3. The lowest BCUT2D eigenvalue weighted by atomic mass is 9.79. The second-order valence-electron chi connectivity index (χ2n) is 7.19. The average molecular weight is 489 g/mol. The van der Waals surface area contributed by atoms with Crippen LogP contribution in [0.4, 0.5) is 17.1 Å². The molecule has 0 spiro atoms. The van der Waals surface area contributed by atoms with Gasteiger partial charge in [-0.25, -0.2) is 0 Å². The minimum atomic E-state index is -5.07. The van der Waals surface area contributed by atoms with Crippen LogP contribution >= 0.6 is 0 Å². The van der Waals surface area contributed by atoms with E-state index in [1.807, 2.05) is 0 Å². The van der Waals surface area contributed by atoms with Crippen molar-refractivity contribution >= 4 is 48.9 Å². The first-order chi connectivity index (χ1) is 15.2. The van der Waals surface area contributed by atoms with E-state index in [1.54, 1.807) is 0 Å². The van der Waals surface area contributed by atoms with Crippen molar-refractivity contribution in [2.75, 3.05) is 17.2 Å². The number of benzene rings is 3. The zero-order valence-electron chi connectivity index (χ0n) is 16.4. The molecule has 0 atom stereocenters. The quantitative estimate of drug-likeness (QED) is 0.204. The molecule has 13 heteroatoms. The number of carbonyl (C=O) groups excluding carboxylic acids is 2. The first kappa shape index (κ1) is 22.4. The van der Waals surface area contributed by atoms with Crippen LogP contribution in [0.3, 0.4) is 0 Å². The van der Waals surface area contributed by atoms with E-state index in [2.05, 4.69) is 0 Å². The van der Waals surface area contributed by atoms with Gasteiger partial charge in [0.2, 0.25) is 0 Å². The number of nitrogen functional groups attached to an aromatic ring is 3. The van der Waals surface area contributed by atoms with Gasteiger partial charge in [0.15, 0.2) is 11.6 Å². The van der Waals surface area contributed by atoms with Gasteiger partial charge in [-0.15, -0.1) is 0 Å². The van der Waals surface area contributed by atoms with Gasteiger partial charge in [0.1, 0.15) is 9.79 Å². The minimum absolute atomic E-state index is 0.0996. The number of rotatable bonds is 3. The van der Waals surface area contributed by atoms with Gasteiger partial charge in [-0.3, -0.25) is 18.7 Å². The molecule has 170 valence electrons. The second-order valence-corrected chi connectivity index (χ2v) is 9.94. The Hall–Kier alpha value is -3.78. The topological polar surface area (TPSA) is 221 Å². The molecule has 0 aromatic heterocycles. The van der Waals surface area contributed by atoms with E-state index in [0.29, 0.717) is 0 Å². The Balaban J connectivity index is 2.26. The van der Waals surface area contributed by atoms with Crippen LogP contribution in [-0.2, 0) is 20.2 Å². The van der Waals surface area contributed by atoms with Crippen molar-refractivity contribution in [2.24, 2.45) is 0 Å². The van der Waals surface area contributed by atoms with Crippen molar-refractivity contribution < 1.29 is 35.5 Å². The summed E-state index contributed by atoms with van der Waals surface area (Å²) in [7, 11) is -10.00. The van der Waals surface area contributed by atoms with Crippen molar-refractivity contribution in [3.63, 3.8) is 0 Å². The van der Waals surface area contributed by atoms with E-state index < -0.39 is 75.2 Å². The lowest BCUT2D eigenvalue weighted by Crippen LogP contribution is -2.27. The van der Waals surface area contributed by atoms with Crippen molar-refractivity contribution in [2.45, 2.75) is 9.79 Å². The molecule has 4 rings (SSSR count). The number of carbonyl (C=O) groups is 2. The highest BCUT2D eigenvalue weighted by Gasteiger charge is 2.41. The van der Waals surface area contributed by atoms with Gasteiger partial charge in [-0.2, -0.15) is 16.8 Å². The fourth-order valence-corrected chi connectivity index (χ4v) is 5.40. The van der Waals surface area contributed by atoms with Gasteiger partial charge in [0.05, 0.1) is 22.5 Å². The summed E-state index contributed by atoms with van der Waals surface area (Å²) in [5, 5.41) is 0. The number of fused-ring (bicyclic) bond motifs is 2. The SMILES string of the molecule is Nc1cccc(-c2c(N)c(S(=O)(=O)O)c(N)c3c2C(=O)c2c(cccc2S(=O)(=O)O)C3=O)c1. The van der Waals surface area contributed by atoms with Crippen LogP contribution in [0.25, 0.3) is 11.1 Å². The molecule has 0 amide bonds. The summed E-state index contributed by atoms with van der Waals surface area (Å²) in [6, 6.07) is 8.87. The Morgan fingerprint density at radius 3 is 1.85 bits per heavy atom. The van der Waals surface area contributed by atoms with Crippen LogP contribution in [0.1, 0.15) is 31.8 Å². The van der Waals surface area contributed by atoms with Crippen LogP contribution in [0.15, 0.2) is 52.3 Å². The zero-order valence-corrected chi connectivity index (χ0v) is 18.1. The van der Waals surface area contributed by atoms with E-state index in [0.717, 1.165) is 18.2 Å². The average Bonchev–Trinajstić information content (AvgIpc) is 2.69. The van der Waals surface area contributed by atoms with Crippen molar-refractivity contribution in [1.82, 2.24) is 0 Å². The molecule has 0 saturated carbocycles. The minimum Gasteiger partial charge on any atom is -0.399 e. The van der Waals surface area contributed by atoms with Gasteiger partial charge in [0, 0.05) is 22.4 Å². The molecular formula is C20H15N3O8S2. The third kappa shape index (κ3) is 3.34. The standard InChI is InChI=1S/C20H15N3O8S2/c21-9-4-1-3-8(7-9)12-14-15(17(23)20(16(12)22)33(29,30)31)18(24)10-5-2-6-11(32(26,27)28)13(10)19(14)25/h1-7H,21-23H2,(H,26,27,28)(H,29,30,31). The maximum atomic E-state index is 13.6. The van der Waals surface area contributed by atoms with Crippen LogP contribution in [0.5, 0.6) is 0 Å². The molecule has 8 N–H and O–H groups in total. The van der Waals surface area contributed by atoms with Crippen molar-refractivity contribution in [1.29, 1.82) is 0 Å². The lowest BCUT2D eigenvalue weighted by Gasteiger charge is -2.26. The molecule has 33 heavy (non-hydrogen) atoms. The fourth-order valence-electron chi connectivity index (χ4n) is 3.93. The second kappa shape index (κ2) is 7.11. The molecule has 0 unspecified atom stereocenters. The normalized spacial score (nSPS) is 13.5. The zero-order chi connectivity index (χ0) is 24.5. The molecule has 3 aromatic rings. The molecule has 11 nitrogen and oxygen atoms in total. The van der Waals surface area contributed by atoms with Crippen molar-refractivity contribution in [3.8, 4) is 11.1 Å². The number of hydrogen-bond acceptors (Lipinski definition) is 9. The Morgan fingerprint density at radius 1 is 0.667 bits per heavy atom. The molecule has 3 aromatic carbocycles. The Morgan fingerprint density at radius 2 is 1.27 bits per heavy atom. The van der Waals surface area contributed by atoms with E-state index in [9.17, 15) is 35.5 Å². The smallest absolute Gasteiger partial charge is 0.298 e. The molecular weight excluding hydrogens is 474 g/mol. The first-order valence-electron chi connectivity index (χ1n) is 9.03. The summed E-state index contributed by atoms with van der Waals surface area (Å²) < 4.78 is 67.4. The summed E-state index contributed by atoms with van der Waals surface area (Å²) in [5.74, 6) is -2.05. The van der Waals surface area contributed by atoms with Crippen LogP contribution in [0.2, 0.25) is 0 Å². The summed E-state index contributed by atoms with van der Waals surface area (Å²) in [6.07, 6.45) is 0. The molecule has 0 heterocycles. The molecule has 0 bridgehead atoms. The predicted molar refractivity (Wildman–Crippen MR) is 118 cm³/mol. The number of anilines is 3. The lowest BCUT2D eigenvalue weighted by molar-refractivity contribution is 0.0977. The van der Waals surface area contributed by atoms with E-state index in [1.165, 1.54) is 24.3 Å². The number of hydrogen-bond donors (Lipinski definition) is 5. The van der Waals surface area contributed by atoms with Crippen LogP contribution in [0, 0.1) is 0 Å². The first-order valence-corrected chi connectivity index (χ1v) is 11.9. The monoisotopic (exact) mass is 489 g/mol. The Labute approximate surface area is 187 Å². The van der Waals surface area contributed by atoms with E-state index >= 15 is 0 Å². The Kier molecular flexibility index (Phi) is 4.83. The van der Waals surface area contributed by atoms with Gasteiger partial charge < -0.3 is 17.2 Å². The molecule has 0 aliphatic heterocycles. The van der Waals surface area contributed by atoms with Crippen LogP contribution in [-0.4, -0.2) is 37.5 Å². The molecule has 0 radical (unpaired) electrons. The summed E-state index contributed by atoms with van der Waals surface area (Å²) in [4.78, 5) is 25.1. The third-order valence-electron chi connectivity index (χ3n) is 5.19. The Bertz CT molecular complexity index is 1630. The van der Waals surface area contributed by atoms with Crippen LogP contribution < -0.4 is 17.2 Å². The highest BCUT2D eigenvalue weighted by atomic mass is 32.2. The molecule has 0 saturated heterocycles. The van der Waals surface area contributed by atoms with E-state index in [4.69, 9.17) is 17.2 Å². The predicted octanol–water partition coefficient (Wildman–Crippen LogP) is 1.37. The third-order valence-corrected chi connectivity index (χ3v) is 7.04. The summed E-state index contributed by atoms with van der Waals surface area (Å²) in [5.41, 5.74) is 14.2. The highest BCUT2D eigenvalue weighted by molar-refractivity contribution is 7.86. The van der Waals surface area contributed by atoms with E-state index in [-0.39, 0.29) is 16.8 Å². The summed E-state index contributed by atoms with van der Waals surface area (Å²) in [6.45, 7) is 0. The molecule has 1 aliphatic rings. The largest absolute Gasteiger partial charge is 0.399 e. The fraction of sp³-hybridized carbons (Fsp3) is 0. The van der Waals surface area contributed by atoms with Gasteiger partial charge >= 0.3 is 0 Å². The summed E-state index contributed by atoms with van der Waals surface area (Å²) >= 11 is 0. The molecule has 0 fully saturated rings. The maximum Gasteiger partial charge on any atom is 0.298 e. The van der Waals surface area contributed by atoms with Gasteiger partial charge in [0.25, 0.3) is 20.2 Å². The maximum absolute atomic E-state index is 13.6. The van der Waals surface area contributed by atoms with Gasteiger partial charge in [-0.05, 0) is 23.8 Å². The highest BCUT2D eigenvalue weighted by Crippen LogP contribution is 2.46. The van der Waals surface area contributed by atoms with Crippen molar-refractivity contribution in [3.05, 3.63) is 64.7 Å². The molecule has 1 aliphatic carbocycles. The number of ketones is 2. The van der Waals surface area contributed by atoms with Gasteiger partial charge in [-0.1, -0.05) is 24.3 Å².